The molecule has 0 aromatic heterocycles. The van der Waals surface area contributed by atoms with E-state index in [1.807, 2.05) is 0 Å². The van der Waals surface area contributed by atoms with E-state index in [1.54, 1.807) is 6.08 Å². The Labute approximate surface area is 133 Å². The van der Waals surface area contributed by atoms with E-state index in [4.69, 9.17) is 9.84 Å². The van der Waals surface area contributed by atoms with Crippen LogP contribution < -0.4 is 0 Å². The summed E-state index contributed by atoms with van der Waals surface area (Å²) in [6, 6.07) is 0. The first-order valence-electron chi connectivity index (χ1n) is 8.70. The molecule has 0 aromatic carbocycles. The van der Waals surface area contributed by atoms with Crippen molar-refractivity contribution in [2.75, 3.05) is 0 Å². The van der Waals surface area contributed by atoms with Crippen LogP contribution in [0.1, 0.15) is 77.6 Å². The Morgan fingerprint density at radius 1 is 1.00 bits per heavy atom. The quantitative estimate of drug-likeness (QED) is 0.295. The highest BCUT2D eigenvalue weighted by atomic mass is 16.6. The summed E-state index contributed by atoms with van der Waals surface area (Å²) in [6.45, 7) is 2.15. The molecule has 22 heavy (non-hydrogen) atoms. The number of unbranched alkanes of at least 4 members (excludes halogenated alkanes) is 5. The molecule has 1 heterocycles. The minimum atomic E-state index is -0.876. The molecule has 0 spiro atoms. The van der Waals surface area contributed by atoms with Gasteiger partial charge in [-0.1, -0.05) is 38.7 Å². The molecule has 1 aliphatic heterocycles. The van der Waals surface area contributed by atoms with Gasteiger partial charge in [0.1, 0.15) is 5.78 Å². The molecule has 1 rings (SSSR count). The molecule has 4 nitrogen and oxygen atoms in total. The predicted octanol–water partition coefficient (Wildman–Crippen LogP) is 4.27. The van der Waals surface area contributed by atoms with Crippen LogP contribution >= 0.6 is 0 Å². The summed E-state index contributed by atoms with van der Waals surface area (Å²) in [5, 5.41) is 8.45. The van der Waals surface area contributed by atoms with Gasteiger partial charge >= 0.3 is 5.97 Å². The summed E-state index contributed by atoms with van der Waals surface area (Å²) in [5.74, 6) is -0.494. The molecule has 0 amide bonds. The Balaban J connectivity index is 1.90. The third kappa shape index (κ3) is 9.72. The Kier molecular flexibility index (Phi) is 9.80. The molecule has 0 aliphatic carbocycles. The molecule has 0 bridgehead atoms. The molecule has 2 unspecified atom stereocenters. The van der Waals surface area contributed by atoms with Gasteiger partial charge in [0, 0.05) is 18.9 Å². The van der Waals surface area contributed by atoms with E-state index < -0.39 is 5.97 Å². The van der Waals surface area contributed by atoms with Gasteiger partial charge in [-0.15, -0.1) is 0 Å². The number of rotatable bonds is 14. The lowest BCUT2D eigenvalue weighted by atomic mass is 10.0. The summed E-state index contributed by atoms with van der Waals surface area (Å²) < 4.78 is 5.61. The number of Topliss-reactive ketones (excluding diaryl/α,β-unsaturated/α-hetero) is 1. The maximum Gasteiger partial charge on any atom is 0.327 e. The van der Waals surface area contributed by atoms with E-state index in [2.05, 4.69) is 6.92 Å². The van der Waals surface area contributed by atoms with Gasteiger partial charge in [0.25, 0.3) is 0 Å². The van der Waals surface area contributed by atoms with Crippen molar-refractivity contribution in [2.24, 2.45) is 0 Å². The Bertz CT molecular complexity index is 362. The largest absolute Gasteiger partial charge is 0.478 e. The number of carboxylic acids is 1. The van der Waals surface area contributed by atoms with E-state index in [9.17, 15) is 9.59 Å². The summed E-state index contributed by atoms with van der Waals surface area (Å²) in [5.41, 5.74) is 0. The first-order chi connectivity index (χ1) is 10.6. The maximum absolute atomic E-state index is 11.7. The van der Waals surface area contributed by atoms with Crippen LogP contribution in [0.15, 0.2) is 12.2 Å². The van der Waals surface area contributed by atoms with Crippen molar-refractivity contribution >= 4 is 11.8 Å². The Hall–Kier alpha value is -1.16. The number of epoxide rings is 1. The van der Waals surface area contributed by atoms with E-state index in [-0.39, 0.29) is 0 Å². The average Bonchev–Trinajstić information content (AvgIpc) is 3.22. The van der Waals surface area contributed by atoms with Crippen molar-refractivity contribution in [1.82, 2.24) is 0 Å². The van der Waals surface area contributed by atoms with E-state index >= 15 is 0 Å². The van der Waals surface area contributed by atoms with E-state index in [0.29, 0.717) is 24.4 Å². The fourth-order valence-corrected chi connectivity index (χ4v) is 2.66. The second-order valence-electron chi connectivity index (χ2n) is 6.13. The normalized spacial score (nSPS) is 20.4. The highest BCUT2D eigenvalue weighted by Gasteiger charge is 2.37. The van der Waals surface area contributed by atoms with E-state index in [0.717, 1.165) is 64.2 Å². The summed E-state index contributed by atoms with van der Waals surface area (Å²) in [7, 11) is 0. The average molecular weight is 310 g/mol. The standard InChI is InChI=1S/C18H30O4/c1-2-3-7-10-15(19)13-14-17-16(22-17)11-8-5-4-6-9-12-18(20)21/h9,12,16-17H,2-8,10-11,13-14H2,1H3,(H,20,21). The molecule has 4 heteroatoms. The number of hydrogen-bond donors (Lipinski definition) is 1. The van der Waals surface area contributed by atoms with Crippen LogP contribution in [-0.2, 0) is 14.3 Å². The zero-order valence-corrected chi connectivity index (χ0v) is 13.8. The van der Waals surface area contributed by atoms with Crippen molar-refractivity contribution in [2.45, 2.75) is 89.8 Å². The van der Waals surface area contributed by atoms with Crippen LogP contribution in [0.5, 0.6) is 0 Å². The lowest BCUT2D eigenvalue weighted by molar-refractivity contribution is -0.131. The highest BCUT2D eigenvalue weighted by Crippen LogP contribution is 2.31. The van der Waals surface area contributed by atoms with Gasteiger partial charge in [0.2, 0.25) is 0 Å². The van der Waals surface area contributed by atoms with Crippen LogP contribution in [0.2, 0.25) is 0 Å². The minimum Gasteiger partial charge on any atom is -0.478 e. The summed E-state index contributed by atoms with van der Waals surface area (Å²) in [6.07, 6.45) is 14.3. The van der Waals surface area contributed by atoms with Crippen molar-refractivity contribution in [3.05, 3.63) is 12.2 Å². The minimum absolute atomic E-state index is 0.307. The van der Waals surface area contributed by atoms with Crippen molar-refractivity contribution in [3.8, 4) is 0 Å². The molecular weight excluding hydrogens is 280 g/mol. The Morgan fingerprint density at radius 3 is 2.50 bits per heavy atom. The molecule has 126 valence electrons. The smallest absolute Gasteiger partial charge is 0.327 e. The molecule has 2 atom stereocenters. The number of carboxylic acid groups (broad SMARTS) is 1. The van der Waals surface area contributed by atoms with Crippen LogP contribution in [0.25, 0.3) is 0 Å². The highest BCUT2D eigenvalue weighted by molar-refractivity contribution is 5.79. The van der Waals surface area contributed by atoms with Gasteiger partial charge in [-0.2, -0.15) is 0 Å². The van der Waals surface area contributed by atoms with Gasteiger partial charge in [-0.3, -0.25) is 4.79 Å². The first kappa shape index (κ1) is 18.9. The summed E-state index contributed by atoms with van der Waals surface area (Å²) >= 11 is 0. The lowest BCUT2D eigenvalue weighted by Gasteiger charge is -1.99. The van der Waals surface area contributed by atoms with Gasteiger partial charge in [-0.25, -0.2) is 4.79 Å². The van der Waals surface area contributed by atoms with Crippen LogP contribution in [-0.4, -0.2) is 29.1 Å². The van der Waals surface area contributed by atoms with Gasteiger partial charge in [-0.05, 0) is 32.1 Å². The van der Waals surface area contributed by atoms with Crippen molar-refractivity contribution in [1.29, 1.82) is 0 Å². The van der Waals surface area contributed by atoms with Gasteiger partial charge < -0.3 is 9.84 Å². The third-order valence-electron chi connectivity index (χ3n) is 4.07. The van der Waals surface area contributed by atoms with Gasteiger partial charge in [0.15, 0.2) is 0 Å². The van der Waals surface area contributed by atoms with Gasteiger partial charge in [0.05, 0.1) is 12.2 Å². The fourth-order valence-electron chi connectivity index (χ4n) is 2.66. The molecule has 0 radical (unpaired) electrons. The van der Waals surface area contributed by atoms with Crippen LogP contribution in [0.3, 0.4) is 0 Å². The van der Waals surface area contributed by atoms with Crippen molar-refractivity contribution in [3.63, 3.8) is 0 Å². The zero-order chi connectivity index (χ0) is 16.2. The number of allylic oxidation sites excluding steroid dienone is 1. The second kappa shape index (κ2) is 11.4. The topological polar surface area (TPSA) is 66.9 Å². The number of carbonyl (C=O) groups is 2. The monoisotopic (exact) mass is 310 g/mol. The predicted molar refractivity (Wildman–Crippen MR) is 86.9 cm³/mol. The molecule has 1 aliphatic rings. The number of carbonyl (C=O) groups excluding carboxylic acids is 1. The Morgan fingerprint density at radius 2 is 1.77 bits per heavy atom. The number of aliphatic carboxylic acids is 1. The number of ketones is 1. The number of hydrogen-bond acceptors (Lipinski definition) is 3. The summed E-state index contributed by atoms with van der Waals surface area (Å²) in [4.78, 5) is 21.9. The fraction of sp³-hybridized carbons (Fsp3) is 0.778. The van der Waals surface area contributed by atoms with E-state index in [1.165, 1.54) is 6.08 Å². The maximum atomic E-state index is 11.7. The van der Waals surface area contributed by atoms with Crippen LogP contribution in [0.4, 0.5) is 0 Å². The molecule has 1 saturated heterocycles. The molecule has 0 saturated carbocycles. The SMILES string of the molecule is CCCCCC(=O)CCC1OC1CCCCCC=CC(=O)O. The van der Waals surface area contributed by atoms with Crippen molar-refractivity contribution < 1.29 is 19.4 Å². The second-order valence-corrected chi connectivity index (χ2v) is 6.13. The first-order valence-corrected chi connectivity index (χ1v) is 8.70. The molecule has 0 aromatic rings. The molecular formula is C18H30O4. The third-order valence-corrected chi connectivity index (χ3v) is 4.07. The van der Waals surface area contributed by atoms with Crippen LogP contribution in [0, 0.1) is 0 Å². The lowest BCUT2D eigenvalue weighted by Crippen LogP contribution is -2.02. The number of ether oxygens (including phenoxy) is 1. The molecule has 1 N–H and O–H groups in total. The molecule has 1 fully saturated rings. The zero-order valence-electron chi connectivity index (χ0n) is 13.8.